The molecule has 0 radical (unpaired) electrons. The van der Waals surface area contributed by atoms with Crippen molar-refractivity contribution in [2.45, 2.75) is 25.9 Å². The molecule has 0 saturated carbocycles. The van der Waals surface area contributed by atoms with Crippen LogP contribution in [0, 0.1) is 0 Å². The summed E-state index contributed by atoms with van der Waals surface area (Å²) in [6.45, 7) is 1.81. The van der Waals surface area contributed by atoms with E-state index in [2.05, 4.69) is 14.5 Å². The molecule has 0 spiro atoms. The molecule has 0 heterocycles. The Morgan fingerprint density at radius 1 is 1.06 bits per heavy atom. The zero-order chi connectivity index (χ0) is 13.7. The second-order valence-electron chi connectivity index (χ2n) is 2.62. The molecule has 0 aromatic carbocycles. The molecule has 1 amide bonds. The van der Waals surface area contributed by atoms with Gasteiger partial charge in [0, 0.05) is 0 Å². The highest BCUT2D eigenvalue weighted by molar-refractivity contribution is 5.93. The van der Waals surface area contributed by atoms with Gasteiger partial charge in [-0.3, -0.25) is 0 Å². The fraction of sp³-hybridized carbons (Fsp3) is 0.750. The molecule has 0 N–H and O–H groups in total. The first-order chi connectivity index (χ1) is 7.66. The maximum absolute atomic E-state index is 12.8. The van der Waals surface area contributed by atoms with Crippen molar-refractivity contribution in [3.63, 3.8) is 0 Å². The molecule has 0 atom stereocenters. The Bertz CT molecular complexity index is 300. The number of carbonyl (C=O) groups excluding carboxylic acids is 1. The van der Waals surface area contributed by atoms with Gasteiger partial charge in [-0.2, -0.15) is 22.0 Å². The molecule has 0 aliphatic heterocycles. The predicted octanol–water partition coefficient (Wildman–Crippen LogP) is 2.78. The molecular formula is C8H10F5NO3. The first-order valence-corrected chi connectivity index (χ1v) is 4.50. The average molecular weight is 263 g/mol. The third-order valence-corrected chi connectivity index (χ3v) is 1.37. The summed E-state index contributed by atoms with van der Waals surface area (Å²) >= 11 is 0. The van der Waals surface area contributed by atoms with Gasteiger partial charge in [-0.15, -0.1) is 4.99 Å². The number of amides is 1. The lowest BCUT2D eigenvalue weighted by Crippen LogP contribution is -2.45. The lowest BCUT2D eigenvalue weighted by atomic mass is 10.3. The van der Waals surface area contributed by atoms with Gasteiger partial charge in [0.25, 0.3) is 5.90 Å². The molecule has 0 aromatic heterocycles. The molecule has 0 aliphatic rings. The van der Waals surface area contributed by atoms with Gasteiger partial charge >= 0.3 is 18.2 Å². The maximum Gasteiger partial charge on any atom is 0.463 e. The number of nitrogens with zero attached hydrogens (tertiary/aromatic N) is 1. The zero-order valence-electron chi connectivity index (χ0n) is 8.98. The van der Waals surface area contributed by atoms with Crippen molar-refractivity contribution in [2.75, 3.05) is 13.2 Å². The predicted molar refractivity (Wildman–Crippen MR) is 47.1 cm³/mol. The van der Waals surface area contributed by atoms with Crippen LogP contribution in [0.15, 0.2) is 4.99 Å². The molecule has 0 fully saturated rings. The molecular weight excluding hydrogens is 253 g/mol. The van der Waals surface area contributed by atoms with Gasteiger partial charge in [0.2, 0.25) is 0 Å². The van der Waals surface area contributed by atoms with Crippen molar-refractivity contribution in [1.82, 2.24) is 0 Å². The highest BCUT2D eigenvalue weighted by Gasteiger charge is 2.63. The summed E-state index contributed by atoms with van der Waals surface area (Å²) in [4.78, 5) is 13.2. The van der Waals surface area contributed by atoms with Crippen LogP contribution in [0.25, 0.3) is 0 Å². The van der Waals surface area contributed by atoms with Crippen molar-refractivity contribution < 1.29 is 36.2 Å². The largest absolute Gasteiger partial charge is 0.476 e. The number of carbonyl (C=O) groups is 1. The Labute approximate surface area is 93.4 Å². The van der Waals surface area contributed by atoms with Crippen LogP contribution >= 0.6 is 0 Å². The van der Waals surface area contributed by atoms with Gasteiger partial charge in [0.1, 0.15) is 0 Å². The number of alkyl halides is 5. The van der Waals surface area contributed by atoms with Crippen molar-refractivity contribution in [3.8, 4) is 0 Å². The van der Waals surface area contributed by atoms with Gasteiger partial charge in [0.15, 0.2) is 0 Å². The zero-order valence-corrected chi connectivity index (χ0v) is 8.98. The van der Waals surface area contributed by atoms with E-state index in [0.717, 1.165) is 0 Å². The fourth-order valence-electron chi connectivity index (χ4n) is 0.690. The highest BCUT2D eigenvalue weighted by atomic mass is 19.4. The first kappa shape index (κ1) is 15.6. The number of hydrogen-bond acceptors (Lipinski definition) is 3. The van der Waals surface area contributed by atoms with E-state index in [1.165, 1.54) is 13.8 Å². The van der Waals surface area contributed by atoms with Crippen LogP contribution in [0.2, 0.25) is 0 Å². The lowest BCUT2D eigenvalue weighted by molar-refractivity contribution is -0.254. The number of hydrogen-bond donors (Lipinski definition) is 0. The molecule has 9 heteroatoms. The van der Waals surface area contributed by atoms with Crippen LogP contribution in [0.3, 0.4) is 0 Å². The minimum absolute atomic E-state index is 0.209. The van der Waals surface area contributed by atoms with Gasteiger partial charge in [0.05, 0.1) is 13.2 Å². The quantitative estimate of drug-likeness (QED) is 0.447. The van der Waals surface area contributed by atoms with Crippen LogP contribution < -0.4 is 0 Å². The molecule has 0 bridgehead atoms. The van der Waals surface area contributed by atoms with E-state index in [0.29, 0.717) is 0 Å². The van der Waals surface area contributed by atoms with Gasteiger partial charge in [-0.25, -0.2) is 4.79 Å². The molecule has 17 heavy (non-hydrogen) atoms. The van der Waals surface area contributed by atoms with Crippen molar-refractivity contribution in [1.29, 1.82) is 0 Å². The summed E-state index contributed by atoms with van der Waals surface area (Å²) in [6.07, 6.45) is -7.46. The molecule has 100 valence electrons. The molecule has 0 rings (SSSR count). The third-order valence-electron chi connectivity index (χ3n) is 1.37. The number of aliphatic imine (C=N–C) groups is 1. The smallest absolute Gasteiger partial charge is 0.463 e. The van der Waals surface area contributed by atoms with Gasteiger partial charge < -0.3 is 9.47 Å². The summed E-state index contributed by atoms with van der Waals surface area (Å²) < 4.78 is 69.7. The Hall–Kier alpha value is -1.41. The van der Waals surface area contributed by atoms with Crippen molar-refractivity contribution in [2.24, 2.45) is 4.99 Å². The van der Waals surface area contributed by atoms with E-state index < -0.39 is 30.7 Å². The highest BCUT2D eigenvalue weighted by Crippen LogP contribution is 2.37. The van der Waals surface area contributed by atoms with Gasteiger partial charge in [-0.1, -0.05) is 0 Å². The van der Waals surface area contributed by atoms with E-state index >= 15 is 0 Å². The Balaban J connectivity index is 5.16. The molecule has 0 saturated heterocycles. The van der Waals surface area contributed by atoms with E-state index in [-0.39, 0.29) is 6.61 Å². The Kier molecular flexibility index (Phi) is 5.30. The third kappa shape index (κ3) is 4.16. The van der Waals surface area contributed by atoms with Crippen LogP contribution in [-0.4, -0.2) is 37.3 Å². The topological polar surface area (TPSA) is 47.9 Å². The summed E-state index contributed by atoms with van der Waals surface area (Å²) in [5.74, 6) is -7.36. The van der Waals surface area contributed by atoms with Crippen LogP contribution in [-0.2, 0) is 9.47 Å². The lowest BCUT2D eigenvalue weighted by Gasteiger charge is -2.20. The monoisotopic (exact) mass is 263 g/mol. The van der Waals surface area contributed by atoms with Crippen molar-refractivity contribution >= 4 is 12.0 Å². The second kappa shape index (κ2) is 5.78. The van der Waals surface area contributed by atoms with Crippen molar-refractivity contribution in [3.05, 3.63) is 0 Å². The standard InChI is InChI=1S/C8H10F5NO3/c1-3-16-5(14-6(15)17-4-2)7(9,10)8(11,12)13/h3-4H2,1-2H3. The first-order valence-electron chi connectivity index (χ1n) is 4.50. The van der Waals surface area contributed by atoms with E-state index in [1.54, 1.807) is 0 Å². The molecule has 0 aromatic rings. The molecule has 4 nitrogen and oxygen atoms in total. The SMILES string of the molecule is CCOC(=O)N=C(OCC)C(F)(F)C(F)(F)F. The van der Waals surface area contributed by atoms with Crippen LogP contribution in [0.5, 0.6) is 0 Å². The molecule has 0 aliphatic carbocycles. The number of rotatable bonds is 3. The average Bonchev–Trinajstić information content (AvgIpc) is 2.15. The van der Waals surface area contributed by atoms with E-state index in [4.69, 9.17) is 0 Å². The van der Waals surface area contributed by atoms with E-state index in [9.17, 15) is 26.7 Å². The Morgan fingerprint density at radius 3 is 1.88 bits per heavy atom. The Morgan fingerprint density at radius 2 is 1.53 bits per heavy atom. The summed E-state index contributed by atoms with van der Waals surface area (Å²) in [7, 11) is 0. The summed E-state index contributed by atoms with van der Waals surface area (Å²) in [5.41, 5.74) is 0. The fourth-order valence-corrected chi connectivity index (χ4v) is 0.690. The van der Waals surface area contributed by atoms with Crippen LogP contribution in [0.4, 0.5) is 26.7 Å². The second-order valence-corrected chi connectivity index (χ2v) is 2.62. The summed E-state index contributed by atoms with van der Waals surface area (Å²) in [6, 6.07) is 0. The summed E-state index contributed by atoms with van der Waals surface area (Å²) in [5, 5.41) is 0. The van der Waals surface area contributed by atoms with E-state index in [1.807, 2.05) is 0 Å². The maximum atomic E-state index is 12.8. The normalized spacial score (nSPS) is 13.5. The number of ether oxygens (including phenoxy) is 2. The minimum Gasteiger partial charge on any atom is -0.476 e. The van der Waals surface area contributed by atoms with Gasteiger partial charge in [-0.05, 0) is 13.8 Å². The number of halogens is 5. The molecule has 0 unspecified atom stereocenters. The van der Waals surface area contributed by atoms with Crippen LogP contribution in [0.1, 0.15) is 13.8 Å². The minimum atomic E-state index is -5.90.